The largest absolute Gasteiger partial charge is 0.373 e. The lowest BCUT2D eigenvalue weighted by Gasteiger charge is -2.12. The van der Waals surface area contributed by atoms with Gasteiger partial charge < -0.3 is 5.32 Å². The molecular formula is C18H25N3. The van der Waals surface area contributed by atoms with Crippen LogP contribution in [0.4, 0.5) is 5.82 Å². The number of nitrogens with zero attached hydrogens (tertiary/aromatic N) is 2. The Morgan fingerprint density at radius 1 is 1.19 bits per heavy atom. The molecule has 21 heavy (non-hydrogen) atoms. The van der Waals surface area contributed by atoms with Gasteiger partial charge in [0.2, 0.25) is 0 Å². The molecule has 0 aliphatic heterocycles. The maximum absolute atomic E-state index is 4.59. The fourth-order valence-electron chi connectivity index (χ4n) is 1.86. The van der Waals surface area contributed by atoms with Gasteiger partial charge >= 0.3 is 0 Å². The van der Waals surface area contributed by atoms with Gasteiger partial charge in [-0.2, -0.15) is 0 Å². The van der Waals surface area contributed by atoms with Crippen molar-refractivity contribution in [2.45, 2.75) is 33.6 Å². The first-order chi connectivity index (χ1) is 10.0. The Bertz CT molecular complexity index is 572. The van der Waals surface area contributed by atoms with Crippen molar-refractivity contribution >= 4 is 5.82 Å². The van der Waals surface area contributed by atoms with E-state index in [9.17, 15) is 0 Å². The van der Waals surface area contributed by atoms with Gasteiger partial charge in [-0.1, -0.05) is 49.8 Å². The molecule has 112 valence electrons. The SMILES string of the molecule is C=CC.CNc1nc(-c2ccc(C)cc2)ncc1C(C)C. The summed E-state index contributed by atoms with van der Waals surface area (Å²) in [5.41, 5.74) is 3.44. The van der Waals surface area contributed by atoms with Crippen molar-refractivity contribution < 1.29 is 0 Å². The normalized spacial score (nSPS) is 9.81. The number of rotatable bonds is 3. The molecule has 0 amide bonds. The third-order valence-electron chi connectivity index (χ3n) is 2.99. The molecule has 3 heteroatoms. The van der Waals surface area contributed by atoms with Crippen LogP contribution in [-0.2, 0) is 0 Å². The van der Waals surface area contributed by atoms with Crippen LogP contribution in [0.5, 0.6) is 0 Å². The molecule has 1 aromatic carbocycles. The average molecular weight is 283 g/mol. The Balaban J connectivity index is 0.000000677. The summed E-state index contributed by atoms with van der Waals surface area (Å²) < 4.78 is 0. The molecule has 0 saturated carbocycles. The standard InChI is InChI=1S/C15H19N3.C3H6/c1-10(2)13-9-17-14(18-15(13)16-4)12-7-5-11(3)6-8-12;1-3-2/h5-10H,1-4H3,(H,16,17,18);3H,1H2,2H3. The maximum atomic E-state index is 4.59. The molecule has 2 aromatic rings. The van der Waals surface area contributed by atoms with E-state index in [1.807, 2.05) is 20.2 Å². The molecule has 0 aliphatic carbocycles. The quantitative estimate of drug-likeness (QED) is 0.821. The lowest BCUT2D eigenvalue weighted by Crippen LogP contribution is -2.03. The highest BCUT2D eigenvalue weighted by molar-refractivity contribution is 5.59. The Labute approximate surface area is 128 Å². The van der Waals surface area contributed by atoms with Gasteiger partial charge in [0, 0.05) is 24.4 Å². The van der Waals surface area contributed by atoms with Crippen LogP contribution in [0, 0.1) is 6.92 Å². The van der Waals surface area contributed by atoms with Crippen LogP contribution in [-0.4, -0.2) is 17.0 Å². The molecule has 0 fully saturated rings. The number of hydrogen-bond donors (Lipinski definition) is 1. The van der Waals surface area contributed by atoms with Gasteiger partial charge in [0.05, 0.1) is 0 Å². The van der Waals surface area contributed by atoms with Gasteiger partial charge in [0.25, 0.3) is 0 Å². The fourth-order valence-corrected chi connectivity index (χ4v) is 1.86. The van der Waals surface area contributed by atoms with Crippen molar-refractivity contribution in [2.75, 3.05) is 12.4 Å². The summed E-state index contributed by atoms with van der Waals surface area (Å²) in [6.45, 7) is 11.6. The number of anilines is 1. The average Bonchev–Trinajstić information content (AvgIpc) is 2.48. The van der Waals surface area contributed by atoms with Gasteiger partial charge in [-0.15, -0.1) is 6.58 Å². The van der Waals surface area contributed by atoms with E-state index in [2.05, 4.69) is 66.9 Å². The number of benzene rings is 1. The molecule has 1 aromatic heterocycles. The Morgan fingerprint density at radius 2 is 1.76 bits per heavy atom. The molecule has 2 rings (SSSR count). The number of nitrogens with one attached hydrogen (secondary N) is 1. The number of aryl methyl sites for hydroxylation is 1. The molecular weight excluding hydrogens is 258 g/mol. The van der Waals surface area contributed by atoms with Crippen molar-refractivity contribution in [3.63, 3.8) is 0 Å². The predicted molar refractivity (Wildman–Crippen MR) is 91.7 cm³/mol. The second kappa shape index (κ2) is 8.20. The van der Waals surface area contributed by atoms with Crippen LogP contribution in [0.25, 0.3) is 11.4 Å². The molecule has 0 atom stereocenters. The van der Waals surface area contributed by atoms with Crippen molar-refractivity contribution in [3.8, 4) is 11.4 Å². The zero-order valence-electron chi connectivity index (χ0n) is 13.6. The molecule has 0 radical (unpaired) electrons. The predicted octanol–water partition coefficient (Wildman–Crippen LogP) is 4.81. The van der Waals surface area contributed by atoms with Crippen LogP contribution in [0.15, 0.2) is 43.1 Å². The summed E-state index contributed by atoms with van der Waals surface area (Å²) in [6.07, 6.45) is 3.67. The maximum Gasteiger partial charge on any atom is 0.161 e. The zero-order valence-corrected chi connectivity index (χ0v) is 13.6. The van der Waals surface area contributed by atoms with E-state index < -0.39 is 0 Å². The minimum Gasteiger partial charge on any atom is -0.373 e. The fraction of sp³-hybridized carbons (Fsp3) is 0.333. The summed E-state index contributed by atoms with van der Waals surface area (Å²) in [5, 5.41) is 3.15. The highest BCUT2D eigenvalue weighted by atomic mass is 15.0. The molecule has 1 heterocycles. The van der Waals surface area contributed by atoms with Crippen LogP contribution >= 0.6 is 0 Å². The van der Waals surface area contributed by atoms with Gasteiger partial charge in [0.1, 0.15) is 5.82 Å². The van der Waals surface area contributed by atoms with E-state index in [1.54, 1.807) is 6.08 Å². The van der Waals surface area contributed by atoms with Crippen molar-refractivity contribution in [2.24, 2.45) is 0 Å². The van der Waals surface area contributed by atoms with Crippen molar-refractivity contribution in [1.82, 2.24) is 9.97 Å². The molecule has 0 unspecified atom stereocenters. The summed E-state index contributed by atoms with van der Waals surface area (Å²) in [6, 6.07) is 8.26. The lowest BCUT2D eigenvalue weighted by molar-refractivity contribution is 0.850. The zero-order chi connectivity index (χ0) is 15.8. The molecule has 0 bridgehead atoms. The van der Waals surface area contributed by atoms with Gasteiger partial charge in [0.15, 0.2) is 5.82 Å². The van der Waals surface area contributed by atoms with Gasteiger partial charge in [-0.3, -0.25) is 0 Å². The highest BCUT2D eigenvalue weighted by Crippen LogP contribution is 2.24. The van der Waals surface area contributed by atoms with Crippen LogP contribution < -0.4 is 5.32 Å². The van der Waals surface area contributed by atoms with Crippen LogP contribution in [0.1, 0.15) is 37.8 Å². The lowest BCUT2D eigenvalue weighted by atomic mass is 10.1. The Morgan fingerprint density at radius 3 is 2.24 bits per heavy atom. The Kier molecular flexibility index (Phi) is 6.60. The van der Waals surface area contributed by atoms with Gasteiger partial charge in [-0.25, -0.2) is 9.97 Å². The molecule has 0 spiro atoms. The van der Waals surface area contributed by atoms with E-state index >= 15 is 0 Å². The topological polar surface area (TPSA) is 37.8 Å². The summed E-state index contributed by atoms with van der Waals surface area (Å²) >= 11 is 0. The van der Waals surface area contributed by atoms with E-state index in [-0.39, 0.29) is 0 Å². The minimum absolute atomic E-state index is 0.416. The first-order valence-electron chi connectivity index (χ1n) is 7.22. The molecule has 1 N–H and O–H groups in total. The first-order valence-corrected chi connectivity index (χ1v) is 7.22. The smallest absolute Gasteiger partial charge is 0.161 e. The summed E-state index contributed by atoms with van der Waals surface area (Å²) in [7, 11) is 1.90. The number of aromatic nitrogens is 2. The van der Waals surface area contributed by atoms with Crippen LogP contribution in [0.2, 0.25) is 0 Å². The Hall–Kier alpha value is -2.16. The number of allylic oxidation sites excluding steroid dienone is 1. The van der Waals surface area contributed by atoms with E-state index in [0.29, 0.717) is 5.92 Å². The van der Waals surface area contributed by atoms with Crippen molar-refractivity contribution in [1.29, 1.82) is 0 Å². The van der Waals surface area contributed by atoms with E-state index in [1.165, 1.54) is 5.56 Å². The van der Waals surface area contributed by atoms with Crippen molar-refractivity contribution in [3.05, 3.63) is 54.2 Å². The third kappa shape index (κ3) is 4.71. The molecule has 0 saturated heterocycles. The van der Waals surface area contributed by atoms with E-state index in [4.69, 9.17) is 0 Å². The second-order valence-electron chi connectivity index (χ2n) is 5.18. The second-order valence-corrected chi connectivity index (χ2v) is 5.18. The first kappa shape index (κ1) is 16.9. The minimum atomic E-state index is 0.416. The summed E-state index contributed by atoms with van der Waals surface area (Å²) in [5.74, 6) is 2.10. The highest BCUT2D eigenvalue weighted by Gasteiger charge is 2.10. The molecule has 0 aliphatic rings. The third-order valence-corrected chi connectivity index (χ3v) is 2.99. The monoisotopic (exact) mass is 283 g/mol. The van der Waals surface area contributed by atoms with Crippen LogP contribution in [0.3, 0.4) is 0 Å². The summed E-state index contributed by atoms with van der Waals surface area (Å²) in [4.78, 5) is 9.05. The molecule has 3 nitrogen and oxygen atoms in total. The van der Waals surface area contributed by atoms with E-state index in [0.717, 1.165) is 22.8 Å². The van der Waals surface area contributed by atoms with Gasteiger partial charge in [-0.05, 0) is 19.8 Å². The number of hydrogen-bond acceptors (Lipinski definition) is 3.